The first-order chi connectivity index (χ1) is 11.0. The molecule has 0 atom stereocenters. The average molecular weight is 388 g/mol. The predicted octanol–water partition coefficient (Wildman–Crippen LogP) is 1.63. The summed E-state index contributed by atoms with van der Waals surface area (Å²) in [7, 11) is 0.606. The normalized spacial score (nSPS) is 12.0. The number of hydrogen-bond acceptors (Lipinski definition) is 7. The highest BCUT2D eigenvalue weighted by molar-refractivity contribution is 7.86. The third-order valence-corrected chi connectivity index (χ3v) is 3.17. The first-order valence-corrected chi connectivity index (χ1v) is 7.64. The van der Waals surface area contributed by atoms with Crippen molar-refractivity contribution < 1.29 is 40.6 Å². The van der Waals surface area contributed by atoms with Crippen LogP contribution in [0.1, 0.15) is 10.4 Å². The van der Waals surface area contributed by atoms with E-state index in [1.54, 1.807) is 6.07 Å². The van der Waals surface area contributed by atoms with Crippen molar-refractivity contribution in [1.82, 2.24) is 4.48 Å². The SMILES string of the molecule is COC(=O)c1ccc([N+](C)(C)C)c([N+](=O)[O-])c1.O=S(=O)([O-])C(F)(F)F. The van der Waals surface area contributed by atoms with Gasteiger partial charge in [0.2, 0.25) is 5.69 Å². The molecule has 0 bridgehead atoms. The molecule has 9 nitrogen and oxygen atoms in total. The number of alkyl halides is 3. The van der Waals surface area contributed by atoms with Crippen molar-refractivity contribution >= 4 is 27.5 Å². The molecule has 0 spiro atoms. The number of halogens is 3. The summed E-state index contributed by atoms with van der Waals surface area (Å²) in [5.74, 6) is -0.582. The molecule has 1 aromatic carbocycles. The van der Waals surface area contributed by atoms with Gasteiger partial charge in [0.15, 0.2) is 10.1 Å². The summed E-state index contributed by atoms with van der Waals surface area (Å²) in [6.45, 7) is 0. The van der Waals surface area contributed by atoms with Gasteiger partial charge in [-0.3, -0.25) is 14.6 Å². The highest BCUT2D eigenvalue weighted by Gasteiger charge is 2.36. The second-order valence-electron chi connectivity index (χ2n) is 5.36. The molecular weight excluding hydrogens is 373 g/mol. The number of ether oxygens (including phenoxy) is 1. The Morgan fingerprint density at radius 1 is 1.24 bits per heavy atom. The van der Waals surface area contributed by atoms with E-state index >= 15 is 0 Å². The number of nitro benzene ring substituents is 1. The van der Waals surface area contributed by atoms with Gasteiger partial charge in [-0.1, -0.05) is 0 Å². The number of carbonyl (C=O) groups is 1. The van der Waals surface area contributed by atoms with E-state index in [0.29, 0.717) is 10.2 Å². The monoisotopic (exact) mass is 388 g/mol. The molecule has 0 aliphatic carbocycles. The molecule has 0 saturated carbocycles. The van der Waals surface area contributed by atoms with Gasteiger partial charge in [-0.15, -0.1) is 0 Å². The third-order valence-electron chi connectivity index (χ3n) is 2.60. The van der Waals surface area contributed by atoms with Crippen LogP contribution in [0.2, 0.25) is 0 Å². The van der Waals surface area contributed by atoms with Crippen molar-refractivity contribution in [3.05, 3.63) is 33.9 Å². The van der Waals surface area contributed by atoms with Gasteiger partial charge in [-0.05, 0) is 6.07 Å². The molecule has 1 rings (SSSR count). The lowest BCUT2D eigenvalue weighted by atomic mass is 10.1. The molecule has 13 heteroatoms. The van der Waals surface area contributed by atoms with E-state index in [0.717, 1.165) is 0 Å². The maximum absolute atomic E-state index is 11.3. The van der Waals surface area contributed by atoms with E-state index < -0.39 is 26.5 Å². The van der Waals surface area contributed by atoms with Gasteiger partial charge in [-0.25, -0.2) is 13.2 Å². The van der Waals surface area contributed by atoms with Crippen LogP contribution in [-0.2, 0) is 14.9 Å². The number of rotatable bonds is 3. The fourth-order valence-corrected chi connectivity index (χ4v) is 1.48. The number of methoxy groups -OCH3 is 1. The van der Waals surface area contributed by atoms with E-state index in [-0.39, 0.29) is 11.3 Å². The first-order valence-electron chi connectivity index (χ1n) is 6.23. The van der Waals surface area contributed by atoms with E-state index in [2.05, 4.69) is 4.74 Å². The number of benzene rings is 1. The van der Waals surface area contributed by atoms with Crippen LogP contribution in [0, 0.1) is 10.1 Å². The molecule has 0 fully saturated rings. The zero-order valence-corrected chi connectivity index (χ0v) is 14.3. The van der Waals surface area contributed by atoms with Gasteiger partial charge in [0.25, 0.3) is 0 Å². The zero-order valence-electron chi connectivity index (χ0n) is 13.5. The number of nitro groups is 1. The Kier molecular flexibility index (Phi) is 7.06. The predicted molar refractivity (Wildman–Crippen MR) is 79.8 cm³/mol. The minimum absolute atomic E-state index is 0.0830. The summed E-state index contributed by atoms with van der Waals surface area (Å²) in [5.41, 5.74) is -5.02. The van der Waals surface area contributed by atoms with Crippen LogP contribution in [0.25, 0.3) is 0 Å². The minimum atomic E-state index is -6.09. The van der Waals surface area contributed by atoms with Gasteiger partial charge in [0.05, 0.1) is 38.7 Å². The number of hydrogen-bond donors (Lipinski definition) is 0. The molecule has 0 heterocycles. The van der Waals surface area contributed by atoms with Crippen molar-refractivity contribution in [1.29, 1.82) is 0 Å². The second-order valence-corrected chi connectivity index (χ2v) is 6.74. The molecule has 142 valence electrons. The Bertz CT molecular complexity index is 755. The summed E-state index contributed by atoms with van der Waals surface area (Å²) < 4.78 is 63.7. The van der Waals surface area contributed by atoms with Crippen LogP contribution in [0.3, 0.4) is 0 Å². The largest absolute Gasteiger partial charge is 0.741 e. The quantitative estimate of drug-likeness (QED) is 0.192. The second kappa shape index (κ2) is 7.76. The van der Waals surface area contributed by atoms with Crippen molar-refractivity contribution in [2.24, 2.45) is 0 Å². The highest BCUT2D eigenvalue weighted by atomic mass is 32.2. The Balaban J connectivity index is 0.000000609. The van der Waals surface area contributed by atoms with Crippen molar-refractivity contribution in [2.45, 2.75) is 5.51 Å². The van der Waals surface area contributed by atoms with Gasteiger partial charge in [-0.2, -0.15) is 13.2 Å². The van der Waals surface area contributed by atoms with Crippen molar-refractivity contribution in [3.63, 3.8) is 0 Å². The number of esters is 1. The van der Waals surface area contributed by atoms with Crippen LogP contribution < -0.4 is 4.48 Å². The summed E-state index contributed by atoms with van der Waals surface area (Å²) in [6.07, 6.45) is 0. The van der Waals surface area contributed by atoms with Gasteiger partial charge >= 0.3 is 17.2 Å². The maximum Gasteiger partial charge on any atom is 0.485 e. The summed E-state index contributed by atoms with van der Waals surface area (Å²) in [6, 6.07) is 4.34. The molecule has 0 aliphatic heterocycles. The number of quaternary nitrogens is 1. The van der Waals surface area contributed by atoms with E-state index in [9.17, 15) is 28.1 Å². The van der Waals surface area contributed by atoms with Gasteiger partial charge < -0.3 is 9.29 Å². The Morgan fingerprint density at radius 3 is 1.96 bits per heavy atom. The van der Waals surface area contributed by atoms with Crippen LogP contribution in [-0.4, -0.2) is 57.6 Å². The van der Waals surface area contributed by atoms with Gasteiger partial charge in [0, 0.05) is 12.1 Å². The Morgan fingerprint density at radius 2 is 1.68 bits per heavy atom. The lowest BCUT2D eigenvalue weighted by Gasteiger charge is -2.22. The molecule has 0 saturated heterocycles. The molecule has 0 amide bonds. The van der Waals surface area contributed by atoms with Crippen molar-refractivity contribution in [2.75, 3.05) is 28.3 Å². The maximum atomic E-state index is 11.3. The van der Waals surface area contributed by atoms with Crippen LogP contribution in [0.5, 0.6) is 0 Å². The van der Waals surface area contributed by atoms with Crippen LogP contribution in [0.15, 0.2) is 18.2 Å². The minimum Gasteiger partial charge on any atom is -0.741 e. The molecule has 0 unspecified atom stereocenters. The molecule has 0 aromatic heterocycles. The lowest BCUT2D eigenvalue weighted by Crippen LogP contribution is -2.35. The lowest BCUT2D eigenvalue weighted by molar-refractivity contribution is -0.384. The molecule has 0 aliphatic rings. The average Bonchev–Trinajstić information content (AvgIpc) is 2.43. The highest BCUT2D eigenvalue weighted by Crippen LogP contribution is 2.31. The molecule has 25 heavy (non-hydrogen) atoms. The van der Waals surface area contributed by atoms with Crippen LogP contribution >= 0.6 is 0 Å². The third kappa shape index (κ3) is 6.64. The smallest absolute Gasteiger partial charge is 0.485 e. The summed E-state index contributed by atoms with van der Waals surface area (Å²) in [5, 5.41) is 11.0. The van der Waals surface area contributed by atoms with E-state index in [4.69, 9.17) is 13.0 Å². The summed E-state index contributed by atoms with van der Waals surface area (Å²) >= 11 is 0. The number of carbonyl (C=O) groups excluding carboxylic acids is 1. The Hall–Kier alpha value is -2.25. The molecule has 1 aromatic rings. The van der Waals surface area contributed by atoms with Crippen molar-refractivity contribution in [3.8, 4) is 0 Å². The zero-order chi connectivity index (χ0) is 20.2. The molecule has 0 radical (unpaired) electrons. The topological polar surface area (TPSA) is 127 Å². The van der Waals surface area contributed by atoms with Gasteiger partial charge in [0.1, 0.15) is 0 Å². The van der Waals surface area contributed by atoms with Crippen LogP contribution in [0.4, 0.5) is 24.5 Å². The molecule has 0 N–H and O–H groups in total. The summed E-state index contributed by atoms with van der Waals surface area (Å²) in [4.78, 5) is 21.8. The molecular formula is C12H15F3N2O7S. The van der Waals surface area contributed by atoms with E-state index in [1.165, 1.54) is 19.2 Å². The Labute approximate surface area is 141 Å². The fraction of sp³-hybridized carbons (Fsp3) is 0.417. The fourth-order valence-electron chi connectivity index (χ4n) is 1.48. The first kappa shape index (κ1) is 22.8. The van der Waals surface area contributed by atoms with E-state index in [1.807, 2.05) is 21.1 Å². The number of nitrogens with zero attached hydrogens (tertiary/aromatic N) is 2. The standard InChI is InChI=1S/C11H15N2O4.CHF3O3S/c1-13(2,3)10-6-5-8(11(14)17-4)7-9(10)12(15)16;2-1(3,4)8(5,6)7/h5-7H,1-4H3;(H,5,6,7)/q+1;/p-1.